The molecule has 1 saturated heterocycles. The van der Waals surface area contributed by atoms with Crippen LogP contribution in [0.4, 0.5) is 0 Å². The van der Waals surface area contributed by atoms with Crippen molar-refractivity contribution in [2.45, 2.75) is 0 Å². The molecule has 144 valence electrons. The first-order valence-corrected chi connectivity index (χ1v) is 9.79. The van der Waals surface area contributed by atoms with Crippen LogP contribution >= 0.6 is 0 Å². The number of nitrogens with one attached hydrogen (secondary N) is 2. The van der Waals surface area contributed by atoms with Gasteiger partial charge in [-0.1, -0.05) is 36.4 Å². The van der Waals surface area contributed by atoms with Gasteiger partial charge in [0.25, 0.3) is 5.91 Å². The Balaban J connectivity index is 1.47. The highest BCUT2D eigenvalue weighted by Gasteiger charge is 2.19. The lowest BCUT2D eigenvalue weighted by atomic mass is 10.1. The lowest BCUT2D eigenvalue weighted by Gasteiger charge is -2.27. The Morgan fingerprint density at radius 3 is 2.59 bits per heavy atom. The minimum Gasteiger partial charge on any atom is -0.339 e. The first-order valence-electron chi connectivity index (χ1n) is 9.79. The molecule has 0 atom stereocenters. The number of carbonyl (C=O) groups is 1. The van der Waals surface area contributed by atoms with E-state index in [1.165, 1.54) is 0 Å². The summed E-state index contributed by atoms with van der Waals surface area (Å²) < 4.78 is 0. The summed E-state index contributed by atoms with van der Waals surface area (Å²) in [5.41, 5.74) is 5.10. The summed E-state index contributed by atoms with van der Waals surface area (Å²) in [6.45, 7) is 3.07. The summed E-state index contributed by atoms with van der Waals surface area (Å²) in [6.07, 6.45) is 1.80. The Morgan fingerprint density at radius 1 is 0.931 bits per heavy atom. The summed E-state index contributed by atoms with van der Waals surface area (Å²) >= 11 is 0. The van der Waals surface area contributed by atoms with Gasteiger partial charge in [-0.15, -0.1) is 0 Å². The van der Waals surface area contributed by atoms with Crippen molar-refractivity contribution in [1.29, 1.82) is 0 Å². The van der Waals surface area contributed by atoms with Gasteiger partial charge in [0.05, 0.1) is 5.69 Å². The number of aromatic amines is 1. The molecule has 0 spiro atoms. The molecule has 1 aliphatic heterocycles. The fraction of sp³-hybridized carbons (Fsp3) is 0.174. The van der Waals surface area contributed by atoms with Gasteiger partial charge in [-0.2, -0.15) is 0 Å². The number of benzene rings is 1. The molecule has 1 fully saturated rings. The second kappa shape index (κ2) is 7.48. The minimum atomic E-state index is -0.0182. The average Bonchev–Trinajstić information content (AvgIpc) is 3.23. The number of piperazine rings is 1. The quantitative estimate of drug-likeness (QED) is 0.569. The van der Waals surface area contributed by atoms with E-state index in [9.17, 15) is 4.79 Å². The Kier molecular flexibility index (Phi) is 4.54. The van der Waals surface area contributed by atoms with Gasteiger partial charge in [0.15, 0.2) is 0 Å². The highest BCUT2D eigenvalue weighted by Crippen LogP contribution is 2.26. The van der Waals surface area contributed by atoms with E-state index in [1.807, 2.05) is 35.2 Å². The zero-order valence-corrected chi connectivity index (χ0v) is 15.9. The van der Waals surface area contributed by atoms with Gasteiger partial charge >= 0.3 is 0 Å². The second-order valence-electron chi connectivity index (χ2n) is 7.16. The van der Waals surface area contributed by atoms with Crippen LogP contribution in [0.5, 0.6) is 0 Å². The molecule has 0 unspecified atom stereocenters. The van der Waals surface area contributed by atoms with E-state index >= 15 is 0 Å². The number of hydrogen-bond donors (Lipinski definition) is 2. The van der Waals surface area contributed by atoms with Crippen LogP contribution in [0.15, 0.2) is 66.9 Å². The Bertz CT molecular complexity index is 1160. The van der Waals surface area contributed by atoms with E-state index in [1.54, 1.807) is 12.3 Å². The van der Waals surface area contributed by atoms with Gasteiger partial charge < -0.3 is 15.2 Å². The molecule has 0 bridgehead atoms. The van der Waals surface area contributed by atoms with E-state index in [2.05, 4.69) is 44.5 Å². The summed E-state index contributed by atoms with van der Waals surface area (Å²) in [4.78, 5) is 27.2. The van der Waals surface area contributed by atoms with E-state index in [-0.39, 0.29) is 5.91 Å². The van der Waals surface area contributed by atoms with Crippen molar-refractivity contribution < 1.29 is 4.79 Å². The van der Waals surface area contributed by atoms with E-state index < -0.39 is 0 Å². The highest BCUT2D eigenvalue weighted by molar-refractivity contribution is 5.93. The number of carbonyl (C=O) groups excluding carboxylic acids is 1. The first-order chi connectivity index (χ1) is 14.3. The summed E-state index contributed by atoms with van der Waals surface area (Å²) in [5.74, 6) is -0.0182. The predicted molar refractivity (Wildman–Crippen MR) is 114 cm³/mol. The zero-order chi connectivity index (χ0) is 19.6. The average molecular weight is 383 g/mol. The molecule has 1 aromatic carbocycles. The Labute approximate surface area is 168 Å². The second-order valence-corrected chi connectivity index (χ2v) is 7.16. The lowest BCUT2D eigenvalue weighted by Crippen LogP contribution is -2.46. The van der Waals surface area contributed by atoms with Crippen LogP contribution in [0.3, 0.4) is 0 Å². The molecule has 0 aliphatic carbocycles. The number of pyridine rings is 2. The van der Waals surface area contributed by atoms with Crippen molar-refractivity contribution >= 4 is 16.9 Å². The van der Waals surface area contributed by atoms with Gasteiger partial charge in [0.2, 0.25) is 0 Å². The van der Waals surface area contributed by atoms with Crippen LogP contribution in [0.1, 0.15) is 10.5 Å². The fourth-order valence-electron chi connectivity index (χ4n) is 3.67. The van der Waals surface area contributed by atoms with Crippen molar-refractivity contribution in [2.24, 2.45) is 0 Å². The monoisotopic (exact) mass is 383 g/mol. The van der Waals surface area contributed by atoms with Crippen LogP contribution in [-0.2, 0) is 0 Å². The highest BCUT2D eigenvalue weighted by atomic mass is 16.2. The molecule has 1 aliphatic rings. The third kappa shape index (κ3) is 3.50. The number of rotatable bonds is 3. The predicted octanol–water partition coefficient (Wildman–Crippen LogP) is 3.34. The molecule has 6 heteroatoms. The van der Waals surface area contributed by atoms with Crippen LogP contribution in [-0.4, -0.2) is 51.9 Å². The van der Waals surface area contributed by atoms with Crippen molar-refractivity contribution in [3.63, 3.8) is 0 Å². The topological polar surface area (TPSA) is 73.9 Å². The van der Waals surface area contributed by atoms with Gasteiger partial charge in [0, 0.05) is 49.0 Å². The maximum absolute atomic E-state index is 12.8. The minimum absolute atomic E-state index is 0.0182. The van der Waals surface area contributed by atoms with Crippen molar-refractivity contribution in [2.75, 3.05) is 26.2 Å². The molecule has 6 nitrogen and oxygen atoms in total. The smallest absolute Gasteiger partial charge is 0.272 e. The normalized spacial score (nSPS) is 14.3. The fourth-order valence-corrected chi connectivity index (χ4v) is 3.67. The molecular formula is C23H21N5O. The number of fused-ring (bicyclic) bond motifs is 1. The SMILES string of the molecule is O=C(c1cccc(-c2cnc3[nH]c(-c4ccccc4)cc3c2)n1)N1CCNCC1. The third-order valence-corrected chi connectivity index (χ3v) is 5.22. The van der Waals surface area contributed by atoms with Crippen LogP contribution < -0.4 is 5.32 Å². The van der Waals surface area contributed by atoms with Crippen LogP contribution in [0.2, 0.25) is 0 Å². The van der Waals surface area contributed by atoms with Gasteiger partial charge in [0.1, 0.15) is 11.3 Å². The summed E-state index contributed by atoms with van der Waals surface area (Å²) in [5, 5.41) is 4.28. The summed E-state index contributed by atoms with van der Waals surface area (Å²) in [6, 6.07) is 19.9. The molecule has 29 heavy (non-hydrogen) atoms. The maximum atomic E-state index is 12.8. The third-order valence-electron chi connectivity index (χ3n) is 5.22. The Hall–Kier alpha value is -3.51. The Morgan fingerprint density at radius 2 is 1.76 bits per heavy atom. The largest absolute Gasteiger partial charge is 0.339 e. The van der Waals surface area contributed by atoms with Crippen LogP contribution in [0, 0.1) is 0 Å². The summed E-state index contributed by atoms with van der Waals surface area (Å²) in [7, 11) is 0. The number of amides is 1. The van der Waals surface area contributed by atoms with Gasteiger partial charge in [-0.3, -0.25) is 4.79 Å². The number of hydrogen-bond acceptors (Lipinski definition) is 4. The van der Waals surface area contributed by atoms with Crippen LogP contribution in [0.25, 0.3) is 33.5 Å². The van der Waals surface area contributed by atoms with Crippen molar-refractivity contribution in [1.82, 2.24) is 25.2 Å². The molecule has 0 saturated carbocycles. The molecule has 1 amide bonds. The molecule has 4 heterocycles. The number of H-pyrrole nitrogens is 1. The molecule has 4 aromatic rings. The molecule has 0 radical (unpaired) electrons. The number of nitrogens with zero attached hydrogens (tertiary/aromatic N) is 3. The van der Waals surface area contributed by atoms with E-state index in [4.69, 9.17) is 0 Å². The van der Waals surface area contributed by atoms with Gasteiger partial charge in [-0.05, 0) is 29.8 Å². The van der Waals surface area contributed by atoms with E-state index in [0.717, 1.165) is 46.6 Å². The first kappa shape index (κ1) is 17.6. The van der Waals surface area contributed by atoms with Crippen molar-refractivity contribution in [3.8, 4) is 22.5 Å². The lowest BCUT2D eigenvalue weighted by molar-refractivity contribution is 0.0730. The molecule has 5 rings (SSSR count). The molecule has 3 aromatic heterocycles. The van der Waals surface area contributed by atoms with Crippen molar-refractivity contribution in [3.05, 3.63) is 72.6 Å². The maximum Gasteiger partial charge on any atom is 0.272 e. The zero-order valence-electron chi connectivity index (χ0n) is 15.9. The molecule has 2 N–H and O–H groups in total. The standard InChI is InChI=1S/C23H21N5O/c29-23(28-11-9-24-10-12-28)20-8-4-7-19(26-20)18-13-17-14-21(27-22(17)25-15-18)16-5-2-1-3-6-16/h1-8,13-15,24H,9-12H2,(H,25,27). The van der Waals surface area contributed by atoms with Gasteiger partial charge in [-0.25, -0.2) is 9.97 Å². The van der Waals surface area contributed by atoms with E-state index in [0.29, 0.717) is 18.8 Å². The number of aromatic nitrogens is 3. The molecular weight excluding hydrogens is 362 g/mol.